The fourth-order valence-corrected chi connectivity index (χ4v) is 1.04. The average Bonchev–Trinajstić information content (AvgIpc) is 3.64. The third kappa shape index (κ3) is 25.6. The summed E-state index contributed by atoms with van der Waals surface area (Å²) in [5.74, 6) is -3.18. The van der Waals surface area contributed by atoms with E-state index in [0.717, 1.165) is 13.2 Å². The smallest absolute Gasteiger partial charge is 0.331 e. The standard InChI is InChI=1S/C7H12O7.C7H12O6.C2H4O/c8-1-6(11)13-3-5(10)4-14-7(12)2-9;8-4-6(10)12-2-1-3-13-7(11)5-9;1-2-3-1/h5,8-10H,1-4H2;8-9H,1-5H2;1-2H2. The number of ether oxygens (including phenoxy) is 5. The van der Waals surface area contributed by atoms with Crippen LogP contribution in [0.1, 0.15) is 6.42 Å². The Morgan fingerprint density at radius 3 is 1.23 bits per heavy atom. The van der Waals surface area contributed by atoms with E-state index in [1.165, 1.54) is 0 Å². The molecular formula is C16H28O14. The van der Waals surface area contributed by atoms with E-state index < -0.39 is 56.4 Å². The summed E-state index contributed by atoms with van der Waals surface area (Å²) in [7, 11) is 0. The van der Waals surface area contributed by atoms with Gasteiger partial charge in [0.2, 0.25) is 0 Å². The minimum absolute atomic E-state index is 0.0815. The molecule has 0 aliphatic carbocycles. The molecule has 0 spiro atoms. The number of aliphatic hydroxyl groups is 5. The lowest BCUT2D eigenvalue weighted by Crippen LogP contribution is -2.26. The van der Waals surface area contributed by atoms with Crippen molar-refractivity contribution in [3.63, 3.8) is 0 Å². The van der Waals surface area contributed by atoms with Crippen LogP contribution in [0.15, 0.2) is 0 Å². The lowest BCUT2D eigenvalue weighted by Gasteiger charge is -2.10. The first-order valence-electron chi connectivity index (χ1n) is 8.62. The van der Waals surface area contributed by atoms with Crippen molar-refractivity contribution in [1.82, 2.24) is 0 Å². The van der Waals surface area contributed by atoms with Crippen molar-refractivity contribution in [3.8, 4) is 0 Å². The highest BCUT2D eigenvalue weighted by molar-refractivity contribution is 5.71. The molecule has 0 saturated carbocycles. The van der Waals surface area contributed by atoms with Crippen LogP contribution in [0, 0.1) is 0 Å². The van der Waals surface area contributed by atoms with E-state index in [9.17, 15) is 19.2 Å². The van der Waals surface area contributed by atoms with Crippen LogP contribution < -0.4 is 0 Å². The van der Waals surface area contributed by atoms with E-state index in [1.807, 2.05) is 0 Å². The van der Waals surface area contributed by atoms with Crippen molar-refractivity contribution in [2.75, 3.05) is 66.1 Å². The van der Waals surface area contributed by atoms with Gasteiger partial charge in [-0.15, -0.1) is 0 Å². The fraction of sp³-hybridized carbons (Fsp3) is 0.750. The highest BCUT2D eigenvalue weighted by Gasteiger charge is 2.10. The number of esters is 4. The van der Waals surface area contributed by atoms with Gasteiger partial charge in [0.1, 0.15) is 45.7 Å². The van der Waals surface area contributed by atoms with Crippen molar-refractivity contribution < 1.29 is 68.4 Å². The maximum absolute atomic E-state index is 10.4. The topological polar surface area (TPSA) is 219 Å². The van der Waals surface area contributed by atoms with Gasteiger partial charge in [0, 0.05) is 6.42 Å². The van der Waals surface area contributed by atoms with Crippen molar-refractivity contribution >= 4 is 23.9 Å². The Morgan fingerprint density at radius 1 is 0.667 bits per heavy atom. The molecule has 0 atom stereocenters. The van der Waals surface area contributed by atoms with Gasteiger partial charge in [-0.25, -0.2) is 19.2 Å². The minimum atomic E-state index is -1.17. The second-order valence-electron chi connectivity index (χ2n) is 5.06. The second kappa shape index (κ2) is 21.4. The molecule has 1 heterocycles. The summed E-state index contributed by atoms with van der Waals surface area (Å²) in [6.45, 7) is -1.45. The maximum atomic E-state index is 10.4. The first-order valence-corrected chi connectivity index (χ1v) is 8.62. The first kappa shape index (κ1) is 29.8. The summed E-state index contributed by atoms with van der Waals surface area (Å²) in [6.07, 6.45) is -0.821. The predicted octanol–water partition coefficient (Wildman–Crippen LogP) is -4.12. The SMILES string of the molecule is C1CO1.O=C(CO)OCC(O)COC(=O)CO.O=C(CO)OCCCOC(=O)CO. The largest absolute Gasteiger partial charge is 0.464 e. The van der Waals surface area contributed by atoms with Crippen LogP contribution in [0.5, 0.6) is 0 Å². The van der Waals surface area contributed by atoms with E-state index in [2.05, 4.69) is 23.7 Å². The molecule has 1 aliphatic rings. The summed E-state index contributed by atoms with van der Waals surface area (Å²) in [5, 5.41) is 41.9. The molecule has 14 heteroatoms. The highest BCUT2D eigenvalue weighted by atomic mass is 16.6. The van der Waals surface area contributed by atoms with E-state index in [1.54, 1.807) is 0 Å². The Kier molecular flexibility index (Phi) is 21.2. The molecule has 30 heavy (non-hydrogen) atoms. The summed E-state index contributed by atoms with van der Waals surface area (Å²) in [6, 6.07) is 0. The zero-order chi connectivity index (χ0) is 23.2. The molecule has 1 fully saturated rings. The van der Waals surface area contributed by atoms with E-state index in [-0.39, 0.29) is 26.4 Å². The van der Waals surface area contributed by atoms with Gasteiger partial charge in [0.15, 0.2) is 0 Å². The number of hydrogen-bond donors (Lipinski definition) is 5. The summed E-state index contributed by atoms with van der Waals surface area (Å²) >= 11 is 0. The Labute approximate surface area is 171 Å². The molecule has 0 unspecified atom stereocenters. The van der Waals surface area contributed by atoms with Crippen LogP contribution in [-0.4, -0.2) is 122 Å². The number of aliphatic hydroxyl groups excluding tert-OH is 5. The molecule has 0 amide bonds. The molecule has 176 valence electrons. The maximum Gasteiger partial charge on any atom is 0.331 e. The van der Waals surface area contributed by atoms with Gasteiger partial charge in [-0.05, 0) is 0 Å². The average molecular weight is 444 g/mol. The van der Waals surface area contributed by atoms with E-state index in [0.29, 0.717) is 6.42 Å². The van der Waals surface area contributed by atoms with Crippen molar-refractivity contribution in [3.05, 3.63) is 0 Å². The Balaban J connectivity index is 0. The Morgan fingerprint density at radius 2 is 0.967 bits per heavy atom. The van der Waals surface area contributed by atoms with E-state index in [4.69, 9.17) is 25.5 Å². The molecule has 1 aliphatic heterocycles. The van der Waals surface area contributed by atoms with Gasteiger partial charge < -0.3 is 49.2 Å². The lowest BCUT2D eigenvalue weighted by molar-refractivity contribution is -0.156. The van der Waals surface area contributed by atoms with E-state index >= 15 is 0 Å². The van der Waals surface area contributed by atoms with Crippen molar-refractivity contribution in [2.45, 2.75) is 12.5 Å². The highest BCUT2D eigenvalue weighted by Crippen LogP contribution is 1.89. The quantitative estimate of drug-likeness (QED) is 0.0836. The second-order valence-corrected chi connectivity index (χ2v) is 5.06. The molecule has 0 aromatic carbocycles. The minimum Gasteiger partial charge on any atom is -0.464 e. The summed E-state index contributed by atoms with van der Waals surface area (Å²) in [5.41, 5.74) is 0. The normalized spacial score (nSPS) is 11.1. The van der Waals surface area contributed by atoms with Gasteiger partial charge in [-0.3, -0.25) is 0 Å². The number of hydrogen-bond acceptors (Lipinski definition) is 14. The summed E-state index contributed by atoms with van der Waals surface area (Å²) < 4.78 is 22.1. The number of carbonyl (C=O) groups excluding carboxylic acids is 4. The third-order valence-electron chi connectivity index (χ3n) is 2.41. The molecule has 14 nitrogen and oxygen atoms in total. The van der Waals surface area contributed by atoms with Gasteiger partial charge in [0.25, 0.3) is 0 Å². The van der Waals surface area contributed by atoms with Crippen LogP contribution in [0.25, 0.3) is 0 Å². The molecule has 0 aromatic heterocycles. The third-order valence-corrected chi connectivity index (χ3v) is 2.41. The van der Waals surface area contributed by atoms with Gasteiger partial charge in [-0.1, -0.05) is 0 Å². The van der Waals surface area contributed by atoms with Crippen LogP contribution in [0.2, 0.25) is 0 Å². The lowest BCUT2D eigenvalue weighted by atomic mass is 10.4. The van der Waals surface area contributed by atoms with Crippen molar-refractivity contribution in [1.29, 1.82) is 0 Å². The Bertz CT molecular complexity index is 438. The van der Waals surface area contributed by atoms with Gasteiger partial charge in [-0.2, -0.15) is 0 Å². The Hall–Kier alpha value is -2.36. The van der Waals surface area contributed by atoms with Crippen LogP contribution in [-0.2, 0) is 42.9 Å². The first-order chi connectivity index (χ1) is 14.3. The molecule has 0 bridgehead atoms. The van der Waals surface area contributed by atoms with Crippen LogP contribution in [0.4, 0.5) is 0 Å². The molecular weight excluding hydrogens is 416 g/mol. The zero-order valence-corrected chi connectivity index (χ0v) is 16.3. The predicted molar refractivity (Wildman–Crippen MR) is 93.6 cm³/mol. The van der Waals surface area contributed by atoms with Crippen LogP contribution in [0.3, 0.4) is 0 Å². The monoisotopic (exact) mass is 444 g/mol. The summed E-state index contributed by atoms with van der Waals surface area (Å²) in [4.78, 5) is 41.4. The van der Waals surface area contributed by atoms with Crippen molar-refractivity contribution in [2.24, 2.45) is 0 Å². The number of epoxide rings is 1. The number of carbonyl (C=O) groups is 4. The molecule has 0 radical (unpaired) electrons. The number of rotatable bonds is 12. The molecule has 1 rings (SSSR count). The molecule has 5 N–H and O–H groups in total. The van der Waals surface area contributed by atoms with Gasteiger partial charge >= 0.3 is 23.9 Å². The fourth-order valence-electron chi connectivity index (χ4n) is 1.04. The van der Waals surface area contributed by atoms with Gasteiger partial charge in [0.05, 0.1) is 26.4 Å². The zero-order valence-electron chi connectivity index (χ0n) is 16.3. The van der Waals surface area contributed by atoms with Crippen LogP contribution >= 0.6 is 0 Å². The molecule has 0 aromatic rings. The molecule has 1 saturated heterocycles.